The van der Waals surface area contributed by atoms with E-state index in [1.807, 2.05) is 12.3 Å². The molecule has 0 saturated carbocycles. The van der Waals surface area contributed by atoms with Crippen LogP contribution in [0.3, 0.4) is 0 Å². The van der Waals surface area contributed by atoms with Crippen molar-refractivity contribution in [2.75, 3.05) is 18.5 Å². The first kappa shape index (κ1) is 15.0. The van der Waals surface area contributed by atoms with Gasteiger partial charge in [-0.1, -0.05) is 19.9 Å². The fourth-order valence-corrected chi connectivity index (χ4v) is 2.00. The van der Waals surface area contributed by atoms with Crippen LogP contribution in [0.1, 0.15) is 52.1 Å². The van der Waals surface area contributed by atoms with E-state index < -0.39 is 0 Å². The smallest absolute Gasteiger partial charge is 0.133 e. The van der Waals surface area contributed by atoms with Crippen LogP contribution in [0.4, 0.5) is 5.82 Å². The van der Waals surface area contributed by atoms with E-state index in [0.29, 0.717) is 12.1 Å². The van der Waals surface area contributed by atoms with E-state index in [0.717, 1.165) is 25.2 Å². The first-order chi connectivity index (χ1) is 8.61. The van der Waals surface area contributed by atoms with Gasteiger partial charge < -0.3 is 10.2 Å². The van der Waals surface area contributed by atoms with Crippen LogP contribution in [-0.4, -0.2) is 24.6 Å². The van der Waals surface area contributed by atoms with Crippen LogP contribution in [0.25, 0.3) is 0 Å². The second-order valence-corrected chi connectivity index (χ2v) is 4.96. The third kappa shape index (κ3) is 3.70. The number of hydrogen-bond acceptors (Lipinski definition) is 3. The topological polar surface area (TPSA) is 28.2 Å². The van der Waals surface area contributed by atoms with Crippen molar-refractivity contribution in [1.29, 1.82) is 0 Å². The summed E-state index contributed by atoms with van der Waals surface area (Å²) in [6, 6.07) is 5.05. The highest BCUT2D eigenvalue weighted by atomic mass is 15.2. The summed E-state index contributed by atoms with van der Waals surface area (Å²) in [5, 5.41) is 3.53. The van der Waals surface area contributed by atoms with Gasteiger partial charge in [0.05, 0.1) is 0 Å². The molecule has 0 aliphatic heterocycles. The summed E-state index contributed by atoms with van der Waals surface area (Å²) in [7, 11) is 2.13. The highest BCUT2D eigenvalue weighted by Gasteiger charge is 2.16. The Kier molecular flexibility index (Phi) is 6.13. The molecular weight excluding hydrogens is 222 g/mol. The largest absolute Gasteiger partial charge is 0.357 e. The average molecular weight is 249 g/mol. The standard InChI is InChI=1S/C15H27N3/c1-6-10-16-13(4)14-9-8-11-17-15(14)18(5)12(3)7-2/h8-9,11-13,16H,6-7,10H2,1-5H3. The number of hydrogen-bond donors (Lipinski definition) is 1. The zero-order valence-corrected chi connectivity index (χ0v) is 12.4. The van der Waals surface area contributed by atoms with Crippen molar-refractivity contribution in [3.05, 3.63) is 23.9 Å². The SMILES string of the molecule is CCCNC(C)c1cccnc1N(C)C(C)CC. The highest BCUT2D eigenvalue weighted by Crippen LogP contribution is 2.24. The minimum absolute atomic E-state index is 0.347. The number of nitrogens with zero attached hydrogens (tertiary/aromatic N) is 2. The molecule has 2 unspecified atom stereocenters. The number of rotatable bonds is 7. The van der Waals surface area contributed by atoms with Crippen molar-refractivity contribution in [3.8, 4) is 0 Å². The van der Waals surface area contributed by atoms with Gasteiger partial charge in [0.25, 0.3) is 0 Å². The predicted octanol–water partition coefficient (Wildman–Crippen LogP) is 3.38. The molecule has 3 nitrogen and oxygen atoms in total. The minimum atomic E-state index is 0.347. The molecule has 1 aromatic heterocycles. The van der Waals surface area contributed by atoms with Crippen molar-refractivity contribution in [3.63, 3.8) is 0 Å². The molecule has 0 aliphatic carbocycles. The van der Waals surface area contributed by atoms with Gasteiger partial charge in [-0.3, -0.25) is 0 Å². The molecule has 0 aromatic carbocycles. The second-order valence-electron chi connectivity index (χ2n) is 4.96. The van der Waals surface area contributed by atoms with E-state index in [1.54, 1.807) is 0 Å². The van der Waals surface area contributed by atoms with Crippen LogP contribution in [0.15, 0.2) is 18.3 Å². The van der Waals surface area contributed by atoms with Crippen molar-refractivity contribution in [2.24, 2.45) is 0 Å². The van der Waals surface area contributed by atoms with Gasteiger partial charge in [0.1, 0.15) is 5.82 Å². The van der Waals surface area contributed by atoms with Gasteiger partial charge in [0, 0.05) is 30.9 Å². The zero-order valence-electron chi connectivity index (χ0n) is 12.4. The van der Waals surface area contributed by atoms with Crippen LogP contribution in [0, 0.1) is 0 Å². The minimum Gasteiger partial charge on any atom is -0.357 e. The van der Waals surface area contributed by atoms with E-state index in [9.17, 15) is 0 Å². The lowest BCUT2D eigenvalue weighted by atomic mass is 10.1. The van der Waals surface area contributed by atoms with Crippen LogP contribution in [0.5, 0.6) is 0 Å². The average Bonchev–Trinajstić information content (AvgIpc) is 2.43. The first-order valence-electron chi connectivity index (χ1n) is 7.02. The Morgan fingerprint density at radius 2 is 2.06 bits per heavy atom. The van der Waals surface area contributed by atoms with Crippen LogP contribution >= 0.6 is 0 Å². The lowest BCUT2D eigenvalue weighted by Gasteiger charge is -2.28. The molecule has 0 saturated heterocycles. The molecule has 1 rings (SSSR count). The summed E-state index contributed by atoms with van der Waals surface area (Å²) < 4.78 is 0. The van der Waals surface area contributed by atoms with Gasteiger partial charge in [0.2, 0.25) is 0 Å². The van der Waals surface area contributed by atoms with E-state index in [2.05, 4.69) is 56.0 Å². The molecule has 0 amide bonds. The van der Waals surface area contributed by atoms with E-state index in [4.69, 9.17) is 0 Å². The molecule has 1 heterocycles. The molecule has 2 atom stereocenters. The van der Waals surface area contributed by atoms with Gasteiger partial charge in [-0.25, -0.2) is 4.98 Å². The molecule has 3 heteroatoms. The summed E-state index contributed by atoms with van der Waals surface area (Å²) in [6.45, 7) is 9.89. The van der Waals surface area contributed by atoms with Crippen molar-refractivity contribution < 1.29 is 0 Å². The normalized spacial score (nSPS) is 14.3. The summed E-state index contributed by atoms with van der Waals surface area (Å²) in [5.74, 6) is 1.10. The van der Waals surface area contributed by atoms with E-state index in [1.165, 1.54) is 5.56 Å². The third-order valence-electron chi connectivity index (χ3n) is 3.57. The maximum Gasteiger partial charge on any atom is 0.133 e. The van der Waals surface area contributed by atoms with Gasteiger partial charge in [0.15, 0.2) is 0 Å². The monoisotopic (exact) mass is 249 g/mol. The molecule has 0 radical (unpaired) electrons. The summed E-state index contributed by atoms with van der Waals surface area (Å²) >= 11 is 0. The summed E-state index contributed by atoms with van der Waals surface area (Å²) in [6.07, 6.45) is 4.16. The maximum atomic E-state index is 4.56. The Balaban J connectivity index is 2.91. The van der Waals surface area contributed by atoms with Gasteiger partial charge in [-0.2, -0.15) is 0 Å². The Morgan fingerprint density at radius 3 is 2.67 bits per heavy atom. The number of aromatic nitrogens is 1. The van der Waals surface area contributed by atoms with Crippen LogP contribution in [-0.2, 0) is 0 Å². The first-order valence-corrected chi connectivity index (χ1v) is 7.02. The van der Waals surface area contributed by atoms with Crippen molar-refractivity contribution >= 4 is 5.82 Å². The molecular formula is C15H27N3. The lowest BCUT2D eigenvalue weighted by molar-refractivity contribution is 0.563. The van der Waals surface area contributed by atoms with Gasteiger partial charge in [-0.05, 0) is 39.3 Å². The summed E-state index contributed by atoms with van der Waals surface area (Å²) in [4.78, 5) is 6.84. The molecule has 0 aliphatic rings. The van der Waals surface area contributed by atoms with Crippen LogP contribution < -0.4 is 10.2 Å². The molecule has 0 bridgehead atoms. The second kappa shape index (κ2) is 7.37. The Hall–Kier alpha value is -1.09. The van der Waals surface area contributed by atoms with Crippen LogP contribution in [0.2, 0.25) is 0 Å². The van der Waals surface area contributed by atoms with Gasteiger partial charge >= 0.3 is 0 Å². The molecule has 1 aromatic rings. The lowest BCUT2D eigenvalue weighted by Crippen LogP contribution is -2.31. The van der Waals surface area contributed by atoms with E-state index >= 15 is 0 Å². The fourth-order valence-electron chi connectivity index (χ4n) is 2.00. The van der Waals surface area contributed by atoms with Gasteiger partial charge in [-0.15, -0.1) is 0 Å². The van der Waals surface area contributed by atoms with E-state index in [-0.39, 0.29) is 0 Å². The van der Waals surface area contributed by atoms with Crippen molar-refractivity contribution in [1.82, 2.24) is 10.3 Å². The Morgan fingerprint density at radius 1 is 1.33 bits per heavy atom. The quantitative estimate of drug-likeness (QED) is 0.803. The fraction of sp³-hybridized carbons (Fsp3) is 0.667. The molecule has 18 heavy (non-hydrogen) atoms. The highest BCUT2D eigenvalue weighted by molar-refractivity contribution is 5.48. The number of anilines is 1. The molecule has 1 N–H and O–H groups in total. The predicted molar refractivity (Wildman–Crippen MR) is 79.1 cm³/mol. The Bertz CT molecular complexity index is 351. The summed E-state index contributed by atoms with van der Waals surface area (Å²) in [5.41, 5.74) is 1.29. The molecule has 0 fully saturated rings. The Labute approximate surface area is 112 Å². The van der Waals surface area contributed by atoms with Crippen molar-refractivity contribution in [2.45, 2.75) is 52.6 Å². The maximum absolute atomic E-state index is 4.56. The molecule has 0 spiro atoms. The molecule has 102 valence electrons. The number of nitrogens with one attached hydrogen (secondary N) is 1. The zero-order chi connectivity index (χ0) is 13.5. The number of pyridine rings is 1. The third-order valence-corrected chi connectivity index (χ3v) is 3.57.